The summed E-state index contributed by atoms with van der Waals surface area (Å²) >= 11 is 0. The fraction of sp³-hybridized carbons (Fsp3) is 0.429. The van der Waals surface area contributed by atoms with Crippen molar-refractivity contribution in [3.05, 3.63) is 29.3 Å². The molecule has 0 heterocycles. The van der Waals surface area contributed by atoms with Crippen LogP contribution in [0.2, 0.25) is 0 Å². The van der Waals surface area contributed by atoms with E-state index in [2.05, 4.69) is 5.32 Å². The Labute approximate surface area is 112 Å². The monoisotopic (exact) mass is 262 g/mol. The van der Waals surface area contributed by atoms with Crippen LogP contribution >= 0.6 is 0 Å². The highest BCUT2D eigenvalue weighted by atomic mass is 16.5. The second kappa shape index (κ2) is 6.21. The molecule has 1 aromatic carbocycles. The van der Waals surface area contributed by atoms with Gasteiger partial charge in [-0.3, -0.25) is 10.1 Å². The van der Waals surface area contributed by atoms with Crippen LogP contribution < -0.4 is 10.1 Å². The van der Waals surface area contributed by atoms with Crippen molar-refractivity contribution < 1.29 is 14.6 Å². The number of nitrogens with zero attached hydrogens (tertiary/aromatic N) is 1. The van der Waals surface area contributed by atoms with Crippen LogP contribution in [-0.2, 0) is 11.3 Å². The van der Waals surface area contributed by atoms with E-state index in [1.165, 1.54) is 7.11 Å². The highest BCUT2D eigenvalue weighted by Crippen LogP contribution is 2.20. The largest absolute Gasteiger partial charge is 0.495 e. The summed E-state index contributed by atoms with van der Waals surface area (Å²) in [5.74, 6) is -0.383. The van der Waals surface area contributed by atoms with Gasteiger partial charge in [0.2, 0.25) is 0 Å². The smallest absolute Gasteiger partial charge is 0.323 e. The van der Waals surface area contributed by atoms with Crippen LogP contribution in [0, 0.1) is 11.3 Å². The van der Waals surface area contributed by atoms with Gasteiger partial charge in [-0.25, -0.2) is 0 Å². The second-order valence-electron chi connectivity index (χ2n) is 4.49. The van der Waals surface area contributed by atoms with E-state index in [4.69, 9.17) is 15.1 Å². The van der Waals surface area contributed by atoms with Crippen LogP contribution in [0.4, 0.5) is 0 Å². The molecule has 0 saturated heterocycles. The Bertz CT molecular complexity index is 508. The number of rotatable bonds is 6. The van der Waals surface area contributed by atoms with Gasteiger partial charge in [0.15, 0.2) is 0 Å². The minimum absolute atomic E-state index is 0.401. The first-order chi connectivity index (χ1) is 8.96. The van der Waals surface area contributed by atoms with E-state index in [9.17, 15) is 4.79 Å². The third-order valence-corrected chi connectivity index (χ3v) is 3.25. The van der Waals surface area contributed by atoms with Crippen molar-refractivity contribution >= 4 is 5.97 Å². The van der Waals surface area contributed by atoms with Crippen LogP contribution in [0.5, 0.6) is 5.75 Å². The van der Waals surface area contributed by atoms with Gasteiger partial charge in [0, 0.05) is 6.54 Å². The van der Waals surface area contributed by atoms with Gasteiger partial charge in [0.25, 0.3) is 0 Å². The van der Waals surface area contributed by atoms with Crippen molar-refractivity contribution in [3.63, 3.8) is 0 Å². The van der Waals surface area contributed by atoms with E-state index in [0.29, 0.717) is 24.3 Å². The lowest BCUT2D eigenvalue weighted by Crippen LogP contribution is -2.48. The number of carbonyl (C=O) groups is 1. The van der Waals surface area contributed by atoms with E-state index in [-0.39, 0.29) is 0 Å². The van der Waals surface area contributed by atoms with Gasteiger partial charge in [-0.15, -0.1) is 0 Å². The number of ether oxygens (including phenoxy) is 1. The van der Waals surface area contributed by atoms with Crippen molar-refractivity contribution in [2.45, 2.75) is 32.4 Å². The molecule has 0 radical (unpaired) electrons. The van der Waals surface area contributed by atoms with Crippen LogP contribution in [-0.4, -0.2) is 23.7 Å². The molecule has 1 atom stereocenters. The maximum atomic E-state index is 11.2. The zero-order valence-electron chi connectivity index (χ0n) is 11.4. The molecule has 5 nitrogen and oxygen atoms in total. The van der Waals surface area contributed by atoms with E-state index in [1.807, 2.05) is 13.0 Å². The van der Waals surface area contributed by atoms with Crippen molar-refractivity contribution in [1.82, 2.24) is 5.32 Å². The molecule has 5 heteroatoms. The summed E-state index contributed by atoms with van der Waals surface area (Å²) in [6.07, 6.45) is 0.482. The fourth-order valence-corrected chi connectivity index (χ4v) is 1.59. The highest BCUT2D eigenvalue weighted by molar-refractivity contribution is 5.78. The predicted octanol–water partition coefficient (Wildman–Crippen LogP) is 1.91. The molecule has 0 amide bonds. The minimum Gasteiger partial charge on any atom is -0.495 e. The van der Waals surface area contributed by atoms with Gasteiger partial charge in [-0.05, 0) is 31.0 Å². The normalized spacial score (nSPS) is 13.4. The number of hydrogen-bond acceptors (Lipinski definition) is 4. The van der Waals surface area contributed by atoms with Crippen LogP contribution in [0.15, 0.2) is 18.2 Å². The minimum atomic E-state index is -0.957. The molecule has 19 heavy (non-hydrogen) atoms. The van der Waals surface area contributed by atoms with Crippen LogP contribution in [0.1, 0.15) is 31.4 Å². The Morgan fingerprint density at radius 1 is 1.58 bits per heavy atom. The predicted molar refractivity (Wildman–Crippen MR) is 70.9 cm³/mol. The molecule has 0 fully saturated rings. The summed E-state index contributed by atoms with van der Waals surface area (Å²) in [6, 6.07) is 7.23. The summed E-state index contributed by atoms with van der Waals surface area (Å²) < 4.78 is 5.12. The lowest BCUT2D eigenvalue weighted by atomic mass is 9.98. The second-order valence-corrected chi connectivity index (χ2v) is 4.49. The van der Waals surface area contributed by atoms with E-state index in [1.54, 1.807) is 25.1 Å². The molecule has 1 rings (SSSR count). The Morgan fingerprint density at radius 3 is 2.74 bits per heavy atom. The fourth-order valence-electron chi connectivity index (χ4n) is 1.59. The first-order valence-corrected chi connectivity index (χ1v) is 6.02. The molecule has 1 aromatic rings. The Kier molecular flexibility index (Phi) is 4.90. The zero-order chi connectivity index (χ0) is 14.5. The Hall–Kier alpha value is -2.06. The molecule has 1 unspecified atom stereocenters. The standard InChI is InChI=1S/C14H18N2O3/c1-4-14(2,13(17)18)16-9-10-5-6-11(8-15)12(7-10)19-3/h5-7,16H,4,9H2,1-3H3,(H,17,18). The van der Waals surface area contributed by atoms with Crippen LogP contribution in [0.25, 0.3) is 0 Å². The van der Waals surface area contributed by atoms with Crippen molar-refractivity contribution in [1.29, 1.82) is 5.26 Å². The summed E-state index contributed by atoms with van der Waals surface area (Å²) in [5.41, 5.74) is 0.376. The van der Waals surface area contributed by atoms with Crippen LogP contribution in [0.3, 0.4) is 0 Å². The van der Waals surface area contributed by atoms with E-state index >= 15 is 0 Å². The summed E-state index contributed by atoms with van der Waals surface area (Å²) in [5, 5.41) is 21.1. The highest BCUT2D eigenvalue weighted by Gasteiger charge is 2.30. The van der Waals surface area contributed by atoms with E-state index < -0.39 is 11.5 Å². The van der Waals surface area contributed by atoms with Gasteiger partial charge >= 0.3 is 5.97 Å². The van der Waals surface area contributed by atoms with Gasteiger partial charge < -0.3 is 9.84 Å². The molecule has 0 bridgehead atoms. The average molecular weight is 262 g/mol. The molecule has 0 aromatic heterocycles. The number of nitriles is 1. The number of nitrogens with one attached hydrogen (secondary N) is 1. The van der Waals surface area contributed by atoms with Crippen molar-refractivity contribution in [3.8, 4) is 11.8 Å². The third kappa shape index (κ3) is 3.46. The number of carboxylic acids is 1. The summed E-state index contributed by atoms with van der Waals surface area (Å²) in [7, 11) is 1.50. The first-order valence-electron chi connectivity index (χ1n) is 6.02. The molecule has 0 saturated carbocycles. The number of methoxy groups -OCH3 is 1. The van der Waals surface area contributed by atoms with E-state index in [0.717, 1.165) is 5.56 Å². The van der Waals surface area contributed by atoms with Crippen molar-refractivity contribution in [2.24, 2.45) is 0 Å². The Balaban J connectivity index is 2.84. The quantitative estimate of drug-likeness (QED) is 0.818. The molecule has 0 aliphatic carbocycles. The molecule has 0 aliphatic heterocycles. The third-order valence-electron chi connectivity index (χ3n) is 3.25. The van der Waals surface area contributed by atoms with Gasteiger partial charge in [-0.1, -0.05) is 13.0 Å². The summed E-state index contributed by atoms with van der Waals surface area (Å²) in [4.78, 5) is 11.2. The molecular formula is C14H18N2O3. The molecule has 0 aliphatic rings. The molecular weight excluding hydrogens is 244 g/mol. The summed E-state index contributed by atoms with van der Waals surface area (Å²) in [6.45, 7) is 3.87. The number of benzene rings is 1. The molecule has 102 valence electrons. The maximum absolute atomic E-state index is 11.2. The number of carboxylic acid groups (broad SMARTS) is 1. The first kappa shape index (κ1) is 15.0. The average Bonchev–Trinajstić information content (AvgIpc) is 2.43. The van der Waals surface area contributed by atoms with Crippen molar-refractivity contribution in [2.75, 3.05) is 7.11 Å². The maximum Gasteiger partial charge on any atom is 0.323 e. The number of aliphatic carboxylic acids is 1. The molecule has 0 spiro atoms. The lowest BCUT2D eigenvalue weighted by molar-refractivity contribution is -0.144. The Morgan fingerprint density at radius 2 is 2.26 bits per heavy atom. The van der Waals surface area contributed by atoms with Gasteiger partial charge in [0.1, 0.15) is 17.4 Å². The zero-order valence-corrected chi connectivity index (χ0v) is 11.4. The SMILES string of the molecule is CCC(C)(NCc1ccc(C#N)c(OC)c1)C(=O)O. The molecule has 2 N–H and O–H groups in total. The number of hydrogen-bond donors (Lipinski definition) is 2. The van der Waals surface area contributed by atoms with Gasteiger partial charge in [0.05, 0.1) is 12.7 Å². The topological polar surface area (TPSA) is 82.3 Å². The lowest BCUT2D eigenvalue weighted by Gasteiger charge is -2.24. The van der Waals surface area contributed by atoms with Gasteiger partial charge in [-0.2, -0.15) is 5.26 Å².